The number of hydrogen-bond acceptors (Lipinski definition) is 4. The molecule has 33 heavy (non-hydrogen) atoms. The second-order valence-electron chi connectivity index (χ2n) is 8.99. The monoisotopic (exact) mass is 451 g/mol. The van der Waals surface area contributed by atoms with Gasteiger partial charge in [0, 0.05) is 31.2 Å². The number of benzene rings is 2. The molecule has 5 rings (SSSR count). The van der Waals surface area contributed by atoms with Crippen molar-refractivity contribution in [2.75, 3.05) is 33.4 Å². The Balaban J connectivity index is 1.44. The maximum Gasteiger partial charge on any atom is 0.206 e. The van der Waals surface area contributed by atoms with Crippen LogP contribution in [0.25, 0.3) is 27.5 Å². The molecule has 0 unspecified atom stereocenters. The molecule has 0 saturated carbocycles. The molecule has 1 saturated heterocycles. The topological polar surface area (TPSA) is 51.8 Å². The van der Waals surface area contributed by atoms with Crippen LogP contribution in [0.5, 0.6) is 17.4 Å². The number of likely N-dealkylation sites (tertiary alicyclic amines) is 1. The molecule has 0 aliphatic carbocycles. The third kappa shape index (κ3) is 3.80. The summed E-state index contributed by atoms with van der Waals surface area (Å²) in [7, 11) is 3.43. The summed E-state index contributed by atoms with van der Waals surface area (Å²) in [4.78, 5) is 2.44. The predicted octanol–water partition coefficient (Wildman–Crippen LogP) is 5.09. The number of hydrogen-bond donors (Lipinski definition) is 1. The molecule has 7 heteroatoms. The van der Waals surface area contributed by atoms with Crippen molar-refractivity contribution in [3.63, 3.8) is 0 Å². The summed E-state index contributed by atoms with van der Waals surface area (Å²) in [5.41, 5.74) is 1.98. The van der Waals surface area contributed by atoms with E-state index in [1.54, 1.807) is 29.4 Å². The minimum Gasteiger partial charge on any atom is -0.494 e. The van der Waals surface area contributed by atoms with Gasteiger partial charge < -0.3 is 19.1 Å². The number of methoxy groups -OCH3 is 1. The van der Waals surface area contributed by atoms with Crippen LogP contribution in [-0.4, -0.2) is 52.5 Å². The molecule has 2 aromatic carbocycles. The Morgan fingerprint density at radius 2 is 1.91 bits per heavy atom. The first-order valence-corrected chi connectivity index (χ1v) is 11.5. The Morgan fingerprint density at radius 3 is 2.67 bits per heavy atom. The van der Waals surface area contributed by atoms with Gasteiger partial charge in [-0.2, -0.15) is 0 Å². The highest BCUT2D eigenvalue weighted by atomic mass is 19.1. The number of nitrogens with zero attached hydrogens (tertiary/aromatic N) is 3. The van der Waals surface area contributed by atoms with Gasteiger partial charge in [0.2, 0.25) is 5.88 Å². The van der Waals surface area contributed by atoms with Crippen LogP contribution in [-0.2, 0) is 7.05 Å². The van der Waals surface area contributed by atoms with Crippen molar-refractivity contribution < 1.29 is 19.0 Å². The quantitative estimate of drug-likeness (QED) is 0.444. The first-order chi connectivity index (χ1) is 16.0. The van der Waals surface area contributed by atoms with Gasteiger partial charge in [-0.25, -0.2) is 4.39 Å². The average molecular weight is 452 g/mol. The molecule has 1 fully saturated rings. The number of aromatic hydroxyl groups is 1. The molecule has 1 N–H and O–H groups in total. The van der Waals surface area contributed by atoms with Crippen LogP contribution >= 0.6 is 0 Å². The number of halogens is 1. The van der Waals surface area contributed by atoms with E-state index in [1.807, 2.05) is 30.5 Å². The van der Waals surface area contributed by atoms with E-state index >= 15 is 0 Å². The molecule has 2 aromatic heterocycles. The molecule has 1 aliphatic rings. The molecule has 174 valence electrons. The number of ether oxygens (including phenoxy) is 2. The van der Waals surface area contributed by atoms with Crippen molar-refractivity contribution in [3.05, 3.63) is 48.4 Å². The Kier molecular flexibility index (Phi) is 5.66. The molecule has 4 aromatic rings. The van der Waals surface area contributed by atoms with Crippen molar-refractivity contribution in [1.29, 1.82) is 0 Å². The van der Waals surface area contributed by atoms with Gasteiger partial charge in [0.1, 0.15) is 12.4 Å². The van der Waals surface area contributed by atoms with Gasteiger partial charge in [0.25, 0.3) is 0 Å². The predicted molar refractivity (Wildman–Crippen MR) is 128 cm³/mol. The molecule has 6 nitrogen and oxygen atoms in total. The lowest BCUT2D eigenvalue weighted by molar-refractivity contribution is 0.158. The number of rotatable bonds is 6. The van der Waals surface area contributed by atoms with Crippen LogP contribution in [0, 0.1) is 11.7 Å². The van der Waals surface area contributed by atoms with Crippen LogP contribution < -0.4 is 9.47 Å². The van der Waals surface area contributed by atoms with Crippen LogP contribution in [0.15, 0.2) is 42.6 Å². The highest BCUT2D eigenvalue weighted by Crippen LogP contribution is 2.40. The van der Waals surface area contributed by atoms with Crippen molar-refractivity contribution in [2.45, 2.75) is 19.8 Å². The lowest BCUT2D eigenvalue weighted by Crippen LogP contribution is -2.35. The van der Waals surface area contributed by atoms with Gasteiger partial charge in [-0.1, -0.05) is 19.1 Å². The molecule has 1 aliphatic heterocycles. The third-order valence-corrected chi connectivity index (χ3v) is 6.88. The van der Waals surface area contributed by atoms with E-state index in [0.717, 1.165) is 36.8 Å². The molecular formula is C26H30FN3O3. The number of fused-ring (bicyclic) bond motifs is 3. The number of aryl methyl sites for hydroxylation is 1. The zero-order chi connectivity index (χ0) is 23.1. The Morgan fingerprint density at radius 1 is 1.12 bits per heavy atom. The van der Waals surface area contributed by atoms with Gasteiger partial charge in [-0.15, -0.1) is 0 Å². The Bertz CT molecular complexity index is 1300. The van der Waals surface area contributed by atoms with E-state index < -0.39 is 0 Å². The molecule has 0 atom stereocenters. The SMILES string of the molecule is COc1ccc(-n2cc3c(c2O)c2cccc(F)c2n3C)cc1OCCN1CCC(C)CC1. The Labute approximate surface area is 192 Å². The molecule has 0 radical (unpaired) electrons. The van der Waals surface area contributed by atoms with Crippen molar-refractivity contribution in [3.8, 4) is 23.1 Å². The van der Waals surface area contributed by atoms with Crippen LogP contribution in [0.4, 0.5) is 4.39 Å². The largest absolute Gasteiger partial charge is 0.494 e. The van der Waals surface area contributed by atoms with Gasteiger partial charge in [-0.05, 0) is 50.0 Å². The minimum absolute atomic E-state index is 0.0692. The Hall–Kier alpha value is -3.19. The first kappa shape index (κ1) is 21.6. The summed E-state index contributed by atoms with van der Waals surface area (Å²) >= 11 is 0. The maximum absolute atomic E-state index is 14.4. The van der Waals surface area contributed by atoms with E-state index in [4.69, 9.17) is 9.47 Å². The van der Waals surface area contributed by atoms with Crippen LogP contribution in [0.2, 0.25) is 0 Å². The number of aromatic nitrogens is 2. The molecule has 0 spiro atoms. The summed E-state index contributed by atoms with van der Waals surface area (Å²) in [6, 6.07) is 10.5. The molecule has 0 amide bonds. The average Bonchev–Trinajstić information content (AvgIpc) is 3.31. The van der Waals surface area contributed by atoms with Crippen molar-refractivity contribution in [1.82, 2.24) is 14.0 Å². The molecular weight excluding hydrogens is 421 g/mol. The summed E-state index contributed by atoms with van der Waals surface area (Å²) in [6.07, 6.45) is 4.29. The third-order valence-electron chi connectivity index (χ3n) is 6.88. The second kappa shape index (κ2) is 8.63. The fourth-order valence-corrected chi connectivity index (χ4v) is 4.87. The molecule has 3 heterocycles. The fourth-order valence-electron chi connectivity index (χ4n) is 4.87. The number of piperidine rings is 1. The van der Waals surface area contributed by atoms with Crippen molar-refractivity contribution >= 4 is 21.8 Å². The second-order valence-corrected chi connectivity index (χ2v) is 8.99. The zero-order valence-electron chi connectivity index (χ0n) is 19.3. The van der Waals surface area contributed by atoms with Gasteiger partial charge in [-0.3, -0.25) is 9.47 Å². The van der Waals surface area contributed by atoms with E-state index in [-0.39, 0.29) is 11.7 Å². The van der Waals surface area contributed by atoms with E-state index in [9.17, 15) is 9.50 Å². The minimum atomic E-state index is -0.305. The van der Waals surface area contributed by atoms with Gasteiger partial charge >= 0.3 is 0 Å². The zero-order valence-corrected chi connectivity index (χ0v) is 19.3. The summed E-state index contributed by atoms with van der Waals surface area (Å²) in [5, 5.41) is 12.4. The summed E-state index contributed by atoms with van der Waals surface area (Å²) in [5.74, 6) is 1.85. The van der Waals surface area contributed by atoms with E-state index in [2.05, 4.69) is 11.8 Å². The van der Waals surface area contributed by atoms with Crippen molar-refractivity contribution in [2.24, 2.45) is 13.0 Å². The van der Waals surface area contributed by atoms with Crippen LogP contribution in [0.3, 0.4) is 0 Å². The molecule has 0 bridgehead atoms. The lowest BCUT2D eigenvalue weighted by Gasteiger charge is -2.30. The maximum atomic E-state index is 14.4. The lowest BCUT2D eigenvalue weighted by atomic mass is 9.99. The summed E-state index contributed by atoms with van der Waals surface area (Å²) < 4.78 is 29.5. The van der Waals surface area contributed by atoms with E-state index in [1.165, 1.54) is 18.9 Å². The van der Waals surface area contributed by atoms with Gasteiger partial charge in [0.15, 0.2) is 11.5 Å². The van der Waals surface area contributed by atoms with Crippen LogP contribution in [0.1, 0.15) is 19.8 Å². The van der Waals surface area contributed by atoms with E-state index in [0.29, 0.717) is 34.4 Å². The standard InChI is InChI=1S/C26H30FN3O3/c1-17-9-11-29(12-10-17)13-14-33-23-15-18(7-8-22(23)32-3)30-16-21-24(26(30)31)19-5-4-6-20(27)25(19)28(21)2/h4-8,15-17,31H,9-14H2,1-3H3. The summed E-state index contributed by atoms with van der Waals surface area (Å²) in [6.45, 7) is 5.97. The normalized spacial score (nSPS) is 15.5. The highest BCUT2D eigenvalue weighted by Gasteiger charge is 2.21. The fraction of sp³-hybridized carbons (Fsp3) is 0.385. The first-order valence-electron chi connectivity index (χ1n) is 11.5. The highest BCUT2D eigenvalue weighted by molar-refractivity contribution is 6.11. The van der Waals surface area contributed by atoms with Gasteiger partial charge in [0.05, 0.1) is 29.2 Å². The smallest absolute Gasteiger partial charge is 0.206 e. The number of para-hydroxylation sites is 1.